The van der Waals surface area contributed by atoms with Crippen molar-refractivity contribution in [2.45, 2.75) is 50.2 Å². The number of carbonyl (C=O) groups is 1. The van der Waals surface area contributed by atoms with Gasteiger partial charge in [-0.2, -0.15) is 17.2 Å². The number of aliphatic hydroxyl groups excluding tert-OH is 1. The zero-order valence-electron chi connectivity index (χ0n) is 12.7. The molecule has 23 heavy (non-hydrogen) atoms. The van der Waals surface area contributed by atoms with Gasteiger partial charge in [0, 0.05) is 12.0 Å². The lowest BCUT2D eigenvalue weighted by Gasteiger charge is -2.47. The molecule has 134 valence electrons. The van der Waals surface area contributed by atoms with Gasteiger partial charge in [-0.1, -0.05) is 19.3 Å². The first-order valence-electron chi connectivity index (χ1n) is 7.72. The van der Waals surface area contributed by atoms with E-state index in [-0.39, 0.29) is 13.2 Å². The van der Waals surface area contributed by atoms with E-state index in [1.807, 2.05) is 0 Å². The highest BCUT2D eigenvalue weighted by Gasteiger charge is 2.55. The van der Waals surface area contributed by atoms with E-state index >= 15 is 0 Å². The number of ether oxygens (including phenoxy) is 1. The maximum Gasteiger partial charge on any atom is 0.465 e. The Hall–Kier alpha value is -0.800. The van der Waals surface area contributed by atoms with Crippen molar-refractivity contribution in [2.24, 2.45) is 17.3 Å². The average Bonchev–Trinajstić information content (AvgIpc) is 2.43. The van der Waals surface area contributed by atoms with Gasteiger partial charge in [0.1, 0.15) is 0 Å². The fourth-order valence-corrected chi connectivity index (χ4v) is 4.39. The van der Waals surface area contributed by atoms with Gasteiger partial charge in [0.25, 0.3) is 0 Å². The van der Waals surface area contributed by atoms with E-state index in [2.05, 4.69) is 4.74 Å². The lowest BCUT2D eigenvalue weighted by atomic mass is 9.60. The second kappa shape index (κ2) is 6.60. The predicted octanol–water partition coefficient (Wildman–Crippen LogP) is 1.98. The first-order valence-corrected chi connectivity index (χ1v) is 9.16. The molecule has 2 rings (SSSR count). The number of rotatable bonds is 6. The molecule has 0 aliphatic heterocycles. The fraction of sp³-hybridized carbons (Fsp3) is 0.929. The average molecular weight is 356 g/mol. The quantitative estimate of drug-likeness (QED) is 0.557. The number of aliphatic hydroxyl groups is 1. The smallest absolute Gasteiger partial charge is 0.460 e. The Bertz CT molecular complexity index is 535. The second-order valence-electron chi connectivity index (χ2n) is 6.85. The standard InChI is InChI=1S/C14H22F2O6S/c15-14(16,23(19,20)21)12(18)22-9-13(4-5-17)7-10-2-1-3-11(6-10)8-13/h10-11,17H,1-9H2,(H,19,20,21). The van der Waals surface area contributed by atoms with E-state index in [9.17, 15) is 27.1 Å². The molecule has 0 amide bonds. The predicted molar refractivity (Wildman–Crippen MR) is 76.3 cm³/mol. The minimum atomic E-state index is -5.86. The monoisotopic (exact) mass is 356 g/mol. The van der Waals surface area contributed by atoms with E-state index in [0.29, 0.717) is 31.1 Å². The van der Waals surface area contributed by atoms with Crippen LogP contribution in [0.5, 0.6) is 0 Å². The Morgan fingerprint density at radius 3 is 2.30 bits per heavy atom. The summed E-state index contributed by atoms with van der Waals surface area (Å²) in [5.41, 5.74) is -0.603. The van der Waals surface area contributed by atoms with Gasteiger partial charge in [-0.3, -0.25) is 4.55 Å². The van der Waals surface area contributed by atoms with Crippen molar-refractivity contribution in [1.29, 1.82) is 0 Å². The molecule has 2 aliphatic rings. The maximum atomic E-state index is 13.3. The van der Waals surface area contributed by atoms with E-state index in [4.69, 9.17) is 4.55 Å². The van der Waals surface area contributed by atoms with E-state index in [1.165, 1.54) is 0 Å². The number of halogens is 2. The molecule has 2 atom stereocenters. The van der Waals surface area contributed by atoms with Gasteiger partial charge in [-0.05, 0) is 37.5 Å². The van der Waals surface area contributed by atoms with Crippen molar-refractivity contribution in [3.63, 3.8) is 0 Å². The van der Waals surface area contributed by atoms with Gasteiger partial charge >= 0.3 is 21.3 Å². The molecule has 0 saturated heterocycles. The van der Waals surface area contributed by atoms with Gasteiger partial charge in [0.05, 0.1) is 6.61 Å². The van der Waals surface area contributed by atoms with Crippen LogP contribution >= 0.6 is 0 Å². The molecule has 2 N–H and O–H groups in total. The first kappa shape index (κ1) is 18.5. The zero-order chi connectivity index (χ0) is 17.3. The maximum absolute atomic E-state index is 13.3. The molecule has 0 spiro atoms. The first-order chi connectivity index (χ1) is 10.6. The Morgan fingerprint density at radius 1 is 1.26 bits per heavy atom. The molecule has 2 unspecified atom stereocenters. The van der Waals surface area contributed by atoms with E-state index < -0.39 is 26.8 Å². The third kappa shape index (κ3) is 4.00. The molecular weight excluding hydrogens is 334 g/mol. The second-order valence-corrected chi connectivity index (χ2v) is 8.31. The summed E-state index contributed by atoms with van der Waals surface area (Å²) in [4.78, 5) is 11.4. The minimum Gasteiger partial charge on any atom is -0.460 e. The lowest BCUT2D eigenvalue weighted by molar-refractivity contribution is -0.168. The summed E-state index contributed by atoms with van der Waals surface area (Å²) in [6.45, 7) is -0.532. The SMILES string of the molecule is O=C(OCC1(CCO)CC2CCCC(C2)C1)C(F)(F)S(=O)(=O)O. The number of carbonyl (C=O) groups excluding carboxylic acids is 1. The number of esters is 1. The molecule has 0 aromatic heterocycles. The molecule has 0 radical (unpaired) electrons. The van der Waals surface area contributed by atoms with Crippen LogP contribution in [0, 0.1) is 17.3 Å². The highest BCUT2D eigenvalue weighted by Crippen LogP contribution is 2.50. The highest BCUT2D eigenvalue weighted by molar-refractivity contribution is 7.87. The summed E-state index contributed by atoms with van der Waals surface area (Å²) >= 11 is 0. The van der Waals surface area contributed by atoms with E-state index in [1.54, 1.807) is 0 Å². The van der Waals surface area contributed by atoms with Crippen molar-refractivity contribution in [1.82, 2.24) is 0 Å². The largest absolute Gasteiger partial charge is 0.465 e. The van der Waals surface area contributed by atoms with Crippen LogP contribution in [0.25, 0.3) is 0 Å². The molecule has 2 aliphatic carbocycles. The Labute approximate surface area is 134 Å². The Balaban J connectivity index is 2.07. The van der Waals surface area contributed by atoms with Gasteiger partial charge in [0.15, 0.2) is 0 Å². The molecule has 2 saturated carbocycles. The van der Waals surface area contributed by atoms with Gasteiger partial charge in [-0.25, -0.2) is 4.79 Å². The summed E-state index contributed by atoms with van der Waals surface area (Å²) in [5, 5.41) is 4.30. The number of hydrogen-bond donors (Lipinski definition) is 2. The topological polar surface area (TPSA) is 101 Å². The van der Waals surface area contributed by atoms with Gasteiger partial charge < -0.3 is 9.84 Å². The summed E-state index contributed by atoms with van der Waals surface area (Å²) < 4.78 is 60.7. The Kier molecular flexibility index (Phi) is 5.32. The number of fused-ring (bicyclic) bond motifs is 2. The molecule has 0 heterocycles. The number of alkyl halides is 2. The highest BCUT2D eigenvalue weighted by atomic mass is 32.2. The normalized spacial score (nSPS) is 31.7. The van der Waals surface area contributed by atoms with Crippen LogP contribution in [-0.4, -0.2) is 42.5 Å². The molecule has 0 aromatic rings. The van der Waals surface area contributed by atoms with Crippen molar-refractivity contribution < 1.29 is 36.4 Å². The molecule has 2 bridgehead atoms. The van der Waals surface area contributed by atoms with Gasteiger partial charge in [-0.15, -0.1) is 0 Å². The molecule has 2 fully saturated rings. The van der Waals surface area contributed by atoms with Crippen LogP contribution in [0.2, 0.25) is 0 Å². The van der Waals surface area contributed by atoms with Crippen LogP contribution in [0.4, 0.5) is 8.78 Å². The number of hydrogen-bond acceptors (Lipinski definition) is 5. The lowest BCUT2D eigenvalue weighted by Crippen LogP contribution is -2.44. The van der Waals surface area contributed by atoms with Crippen LogP contribution in [0.1, 0.15) is 44.9 Å². The van der Waals surface area contributed by atoms with Crippen molar-refractivity contribution >= 4 is 16.1 Å². The minimum absolute atomic E-state index is 0.161. The molecule has 0 aromatic carbocycles. The molecular formula is C14H22F2O6S. The third-order valence-electron chi connectivity index (χ3n) is 5.05. The summed E-state index contributed by atoms with van der Waals surface area (Å²) in [6.07, 6.45) is 5.86. The Morgan fingerprint density at radius 2 is 1.83 bits per heavy atom. The van der Waals surface area contributed by atoms with Crippen LogP contribution in [0.3, 0.4) is 0 Å². The summed E-state index contributed by atoms with van der Waals surface area (Å²) in [7, 11) is -5.86. The van der Waals surface area contributed by atoms with Crippen LogP contribution in [0.15, 0.2) is 0 Å². The summed E-state index contributed by atoms with van der Waals surface area (Å²) in [6, 6.07) is 0. The van der Waals surface area contributed by atoms with Crippen molar-refractivity contribution in [3.05, 3.63) is 0 Å². The fourth-order valence-electron chi connectivity index (χ4n) is 4.12. The van der Waals surface area contributed by atoms with Crippen LogP contribution < -0.4 is 0 Å². The third-order valence-corrected chi connectivity index (χ3v) is 5.86. The molecule has 6 nitrogen and oxygen atoms in total. The zero-order valence-corrected chi connectivity index (χ0v) is 13.5. The van der Waals surface area contributed by atoms with E-state index in [0.717, 1.165) is 25.7 Å². The van der Waals surface area contributed by atoms with Crippen molar-refractivity contribution in [3.8, 4) is 0 Å². The summed E-state index contributed by atoms with van der Waals surface area (Å²) in [5.74, 6) is -1.45. The molecule has 9 heteroatoms. The van der Waals surface area contributed by atoms with Crippen LogP contribution in [-0.2, 0) is 19.6 Å². The van der Waals surface area contributed by atoms with Crippen molar-refractivity contribution in [2.75, 3.05) is 13.2 Å². The van der Waals surface area contributed by atoms with Gasteiger partial charge in [0.2, 0.25) is 0 Å².